The van der Waals surface area contributed by atoms with E-state index in [0.29, 0.717) is 0 Å². The second-order valence-corrected chi connectivity index (χ2v) is 40.9. The third kappa shape index (κ3) is 11.2. The molecule has 0 amide bonds. The fourth-order valence-electron chi connectivity index (χ4n) is 23.7. The SMILES string of the molecule is C=CN(c1ccccc1)c1cc2c3c(c1)N(c1ccccc1)C1C=C4C(=C[C@H]1B3c1c(sc3ccccc13)N2c1ccc(C(C)(C)Cc2ccc(N3c5cc6c(cc5B5c7ccoc7N(c7ccc(C(C)(C)C)cc7)c7cc(N(c8ccccc8)c8ccccc8)cc3c75)SC3(C)CCCCC63C)cc2)cc1)N(c1ccccc1)C1(C)CCCCC41C. The lowest BCUT2D eigenvalue weighted by molar-refractivity contribution is 0.159. The number of hydrogen-bond donors (Lipinski definition) is 0. The molecule has 6 aliphatic heterocycles. The number of allylic oxidation sites excluding steroid dienone is 1. The summed E-state index contributed by atoms with van der Waals surface area (Å²) < 4.78 is 8.31. The topological polar surface area (TPSA) is 35.8 Å². The monoisotopic (exact) mass is 1620 g/mol. The lowest BCUT2D eigenvalue weighted by Crippen LogP contribution is -2.61. The molecule has 5 unspecified atom stereocenters. The van der Waals surface area contributed by atoms with Crippen LogP contribution in [-0.4, -0.2) is 29.8 Å². The van der Waals surface area contributed by atoms with Gasteiger partial charge in [0.15, 0.2) is 5.88 Å². The Balaban J connectivity index is 0.661. The Morgan fingerprint density at radius 3 is 1.71 bits per heavy atom. The summed E-state index contributed by atoms with van der Waals surface area (Å²) >= 11 is 4.09. The Morgan fingerprint density at radius 1 is 0.484 bits per heavy atom. The average Bonchev–Trinajstić information content (AvgIpc) is 1.42. The first-order chi connectivity index (χ1) is 59.3. The highest BCUT2D eigenvalue weighted by molar-refractivity contribution is 8.01. The number of hydrogen-bond acceptors (Lipinski definition) is 10. The number of rotatable bonds is 14. The van der Waals surface area contributed by atoms with Crippen LogP contribution in [0.15, 0.2) is 343 Å². The lowest BCUT2D eigenvalue weighted by atomic mass is 9.29. The van der Waals surface area contributed by atoms with E-state index in [1.54, 1.807) is 0 Å². The van der Waals surface area contributed by atoms with Gasteiger partial charge in [0.05, 0.1) is 28.5 Å². The molecule has 2 saturated carbocycles. The molecule has 23 rings (SSSR count). The Labute approximate surface area is 728 Å². The third-order valence-electron chi connectivity index (χ3n) is 30.2. The van der Waals surface area contributed by atoms with Gasteiger partial charge in [0, 0.05) is 117 Å². The van der Waals surface area contributed by atoms with Crippen molar-refractivity contribution in [3.63, 3.8) is 0 Å². The van der Waals surface area contributed by atoms with Crippen molar-refractivity contribution in [2.75, 3.05) is 34.3 Å². The van der Waals surface area contributed by atoms with Gasteiger partial charge in [0.25, 0.3) is 6.71 Å². The Kier molecular flexibility index (Phi) is 17.2. The highest BCUT2D eigenvalue weighted by Gasteiger charge is 2.63. The molecule has 8 nitrogen and oxygen atoms in total. The molecule has 14 aromatic rings. The predicted molar refractivity (Wildman–Crippen MR) is 519 cm³/mol. The predicted octanol–water partition coefficient (Wildman–Crippen LogP) is 26.8. The zero-order valence-electron chi connectivity index (χ0n) is 71.3. The number of thioether (sulfide) groups is 1. The largest absolute Gasteiger partial charge is 0.449 e. The molecule has 0 radical (unpaired) electrons. The van der Waals surface area contributed by atoms with E-state index in [9.17, 15) is 0 Å². The summed E-state index contributed by atoms with van der Waals surface area (Å²) in [4.78, 5) is 19.4. The van der Waals surface area contributed by atoms with Gasteiger partial charge in [-0.05, 0) is 263 Å². The number of para-hydroxylation sites is 5. The minimum absolute atomic E-state index is 0.00156. The highest BCUT2D eigenvalue weighted by atomic mass is 32.2. The maximum Gasteiger partial charge on any atom is 0.256 e. The van der Waals surface area contributed by atoms with Crippen molar-refractivity contribution in [3.8, 4) is 0 Å². The molecule has 0 N–H and O–H groups in total. The Hall–Kier alpha value is -11.8. The highest BCUT2D eigenvalue weighted by Crippen LogP contribution is 2.67. The van der Waals surface area contributed by atoms with E-state index >= 15 is 0 Å². The normalized spacial score (nSPS) is 21.9. The first-order valence-electron chi connectivity index (χ1n) is 44.3. The van der Waals surface area contributed by atoms with Crippen molar-refractivity contribution in [2.24, 2.45) is 5.41 Å². The zero-order valence-corrected chi connectivity index (χ0v) is 72.9. The van der Waals surface area contributed by atoms with Gasteiger partial charge >= 0.3 is 0 Å². The third-order valence-corrected chi connectivity index (χ3v) is 33.1. The van der Waals surface area contributed by atoms with Gasteiger partial charge in [-0.3, -0.25) is 4.90 Å². The van der Waals surface area contributed by atoms with Gasteiger partial charge in [-0.15, -0.1) is 23.1 Å². The van der Waals surface area contributed by atoms with Gasteiger partial charge in [-0.25, -0.2) is 0 Å². The molecule has 9 aliphatic rings. The Bertz CT molecular complexity index is 6540. The van der Waals surface area contributed by atoms with Gasteiger partial charge in [-0.1, -0.05) is 245 Å². The molecule has 12 aromatic carbocycles. The first-order valence-corrected chi connectivity index (χ1v) is 46.0. The van der Waals surface area contributed by atoms with Crippen LogP contribution in [0, 0.1) is 5.41 Å². The van der Waals surface area contributed by atoms with Crippen molar-refractivity contribution in [1.29, 1.82) is 0 Å². The minimum Gasteiger partial charge on any atom is -0.449 e. The van der Waals surface area contributed by atoms with E-state index in [4.69, 9.17) is 4.42 Å². The van der Waals surface area contributed by atoms with Crippen LogP contribution >= 0.6 is 23.1 Å². The molecule has 3 fully saturated rings. The van der Waals surface area contributed by atoms with Gasteiger partial charge in [0.2, 0.25) is 6.71 Å². The van der Waals surface area contributed by atoms with Gasteiger partial charge in [0.1, 0.15) is 0 Å². The Morgan fingerprint density at radius 2 is 1.04 bits per heavy atom. The molecule has 0 spiro atoms. The van der Waals surface area contributed by atoms with Crippen LogP contribution in [0.5, 0.6) is 0 Å². The van der Waals surface area contributed by atoms with E-state index in [1.165, 1.54) is 153 Å². The fraction of sp³-hybridized carbons (Fsp3) is 0.236. The number of anilines is 17. The van der Waals surface area contributed by atoms with Crippen LogP contribution in [-0.2, 0) is 22.7 Å². The van der Waals surface area contributed by atoms with E-state index in [0.717, 1.165) is 76.3 Å². The first kappa shape index (κ1) is 75.2. The van der Waals surface area contributed by atoms with E-state index in [1.807, 2.05) is 23.8 Å². The van der Waals surface area contributed by atoms with Crippen LogP contribution in [0.4, 0.5) is 96.2 Å². The fourth-order valence-corrected chi connectivity index (χ4v) is 26.7. The van der Waals surface area contributed by atoms with Crippen LogP contribution in [0.2, 0.25) is 5.82 Å². The van der Waals surface area contributed by atoms with Crippen LogP contribution in [0.3, 0.4) is 0 Å². The number of benzene rings is 12. The molecule has 122 heavy (non-hydrogen) atoms. The second-order valence-electron chi connectivity index (χ2n) is 38.3. The molecule has 6 atom stereocenters. The average molecular weight is 1620 g/mol. The maximum absolute atomic E-state index is 6.92. The van der Waals surface area contributed by atoms with Crippen LogP contribution in [0.1, 0.15) is 136 Å². The molecule has 0 bridgehead atoms. The molecule has 2 aromatic heterocycles. The summed E-state index contributed by atoms with van der Waals surface area (Å²) in [5.74, 6) is 0.931. The molecule has 12 heteroatoms. The van der Waals surface area contributed by atoms with Crippen LogP contribution in [0.25, 0.3) is 10.1 Å². The summed E-state index contributed by atoms with van der Waals surface area (Å²) in [6, 6.07) is 111. The van der Waals surface area contributed by atoms with Crippen LogP contribution < -0.4 is 61.6 Å². The number of thiophene rings is 1. The van der Waals surface area contributed by atoms with Crippen molar-refractivity contribution in [1.82, 2.24) is 0 Å². The summed E-state index contributed by atoms with van der Waals surface area (Å²) in [5.41, 5.74) is 31.5. The lowest BCUT2D eigenvalue weighted by Gasteiger charge is -2.51. The summed E-state index contributed by atoms with van der Waals surface area (Å²) in [5, 5.41) is 2.62. The molecular formula is C110H101B2N7OS2. The quantitative estimate of drug-likeness (QED) is 0.0990. The van der Waals surface area contributed by atoms with Gasteiger partial charge in [-0.2, -0.15) is 0 Å². The van der Waals surface area contributed by atoms with E-state index in [-0.39, 0.29) is 57.2 Å². The number of nitrogens with zero attached hydrogens (tertiary/aromatic N) is 7. The summed E-state index contributed by atoms with van der Waals surface area (Å²) in [6.07, 6.45) is 19.9. The second kappa shape index (κ2) is 27.9. The van der Waals surface area contributed by atoms with Crippen molar-refractivity contribution in [2.45, 2.75) is 163 Å². The maximum atomic E-state index is 6.92. The molecule has 1 saturated heterocycles. The number of furan rings is 1. The van der Waals surface area contributed by atoms with E-state index in [2.05, 4.69) is 418 Å². The van der Waals surface area contributed by atoms with E-state index < -0.39 is 0 Å². The molecule has 8 heterocycles. The molecule has 3 aliphatic carbocycles. The summed E-state index contributed by atoms with van der Waals surface area (Å²) in [6.45, 7) is 26.6. The standard InChI is InChI=1S/C110H101B2N7OS2/c1-11-113(75-33-17-12-18-34-75)83-63-94-102-97(64-83)118(104-100(85-43-27-28-44-98(85)121-104)112(102)89-69-91-86(67-92(89)115(94)78-39-23-15-24-40-78)107(7)58-29-31-60-109(107,9)119(91)82-41-25-16-26-42-82)81-55-49-74(50-56-81)106(5,6)71-72-45-51-79(52-46-72)116-93-68-87-99(122-110(10)61-32-30-59-108(87,110)8)70-90(93)111-88-57-62-120-103(88)117(80-53-47-73(48-54-80)105(2,3)4)96-66-84(65-95(116)101(96)111)114(76-35-19-13-20-36-76)77-37-21-14-22-38-77/h11-28,33-57,62-70,89,92H,1,29-32,58-61,71H2,2-10H3/t89-,92?,107?,108?,109?,110?/m1/s1. The zero-order chi connectivity index (χ0) is 82.5. The molecule has 600 valence electrons. The molecular weight excluding hydrogens is 1520 g/mol. The summed E-state index contributed by atoms with van der Waals surface area (Å²) in [7, 11) is 0. The minimum atomic E-state index is -0.269. The number of fused-ring (bicyclic) bond motifs is 16. The van der Waals surface area contributed by atoms with Crippen molar-refractivity contribution >= 4 is 170 Å². The smallest absolute Gasteiger partial charge is 0.256 e. The van der Waals surface area contributed by atoms with Crippen molar-refractivity contribution in [3.05, 3.63) is 356 Å². The van der Waals surface area contributed by atoms with Gasteiger partial charge < -0.3 is 33.8 Å². The van der Waals surface area contributed by atoms with Crippen molar-refractivity contribution < 1.29 is 4.42 Å².